The van der Waals surface area contributed by atoms with E-state index >= 15 is 0 Å². The lowest BCUT2D eigenvalue weighted by Crippen LogP contribution is -2.11. The second-order valence-corrected chi connectivity index (χ2v) is 14.4. The summed E-state index contributed by atoms with van der Waals surface area (Å²) in [6.45, 7) is 0. The summed E-state index contributed by atoms with van der Waals surface area (Å²) >= 11 is 0. The third-order valence-electron chi connectivity index (χ3n) is 11.3. The van der Waals surface area contributed by atoms with Gasteiger partial charge in [-0.1, -0.05) is 115 Å². The molecule has 0 N–H and O–H groups in total. The molecule has 0 unspecified atom stereocenters. The molecule has 12 aromatic rings. The Bertz CT molecular complexity index is 3490. The Labute approximate surface area is 321 Å². The first-order valence-corrected chi connectivity index (χ1v) is 18.9. The number of benzene rings is 9. The summed E-state index contributed by atoms with van der Waals surface area (Å²) < 4.78 is 19.2. The van der Waals surface area contributed by atoms with Gasteiger partial charge in [0, 0.05) is 60.7 Å². The zero-order valence-electron chi connectivity index (χ0n) is 30.1. The van der Waals surface area contributed by atoms with Crippen LogP contribution in [0.1, 0.15) is 0 Å². The standard InChI is InChI=1S/C52H31NO3/c1-2-12-39-32(10-1)22-27-42-44-30-34(23-29-48(44)56-52(39)42)37-11-3-6-16-45(37)53(36-26-28-41-40-13-4-7-17-46(40)55-50(41)31-36)35-24-20-33(21-25-35)38-15-9-19-49-51(38)43-14-5-8-18-47(43)54-49/h1-31H. The number of hydrogen-bond acceptors (Lipinski definition) is 4. The maximum absolute atomic E-state index is 6.50. The van der Waals surface area contributed by atoms with Crippen molar-refractivity contribution in [3.05, 3.63) is 188 Å². The highest BCUT2D eigenvalue weighted by atomic mass is 16.3. The Morgan fingerprint density at radius 1 is 0.321 bits per heavy atom. The van der Waals surface area contributed by atoms with E-state index in [9.17, 15) is 0 Å². The Hall–Kier alpha value is -7.56. The zero-order chi connectivity index (χ0) is 36.7. The summed E-state index contributed by atoms with van der Waals surface area (Å²) in [4.78, 5) is 2.34. The summed E-state index contributed by atoms with van der Waals surface area (Å²) in [5.41, 5.74) is 12.9. The summed E-state index contributed by atoms with van der Waals surface area (Å²) in [5, 5.41) is 8.95. The Morgan fingerprint density at radius 3 is 1.84 bits per heavy atom. The van der Waals surface area contributed by atoms with Crippen LogP contribution in [0, 0.1) is 0 Å². The van der Waals surface area contributed by atoms with Crippen molar-refractivity contribution >= 4 is 93.7 Å². The quantitative estimate of drug-likeness (QED) is 0.178. The molecule has 56 heavy (non-hydrogen) atoms. The lowest BCUT2D eigenvalue weighted by atomic mass is 9.98. The molecule has 0 aliphatic rings. The first-order valence-electron chi connectivity index (χ1n) is 18.9. The highest BCUT2D eigenvalue weighted by Crippen LogP contribution is 2.45. The van der Waals surface area contributed by atoms with E-state index in [-0.39, 0.29) is 0 Å². The topological polar surface area (TPSA) is 42.7 Å². The van der Waals surface area contributed by atoms with Gasteiger partial charge in [-0.25, -0.2) is 0 Å². The van der Waals surface area contributed by atoms with Crippen LogP contribution < -0.4 is 4.90 Å². The molecule has 0 saturated carbocycles. The maximum Gasteiger partial charge on any atom is 0.143 e. The number of fused-ring (bicyclic) bond motifs is 11. The first-order chi connectivity index (χ1) is 27.7. The molecular formula is C52H31NO3. The van der Waals surface area contributed by atoms with Crippen LogP contribution in [-0.4, -0.2) is 0 Å². The summed E-state index contributed by atoms with van der Waals surface area (Å²) in [6, 6.07) is 66.2. The second kappa shape index (κ2) is 12.0. The van der Waals surface area contributed by atoms with Crippen molar-refractivity contribution in [1.82, 2.24) is 0 Å². The van der Waals surface area contributed by atoms with Crippen LogP contribution in [0.5, 0.6) is 0 Å². The summed E-state index contributed by atoms with van der Waals surface area (Å²) in [7, 11) is 0. The molecule has 262 valence electrons. The Morgan fingerprint density at radius 2 is 0.946 bits per heavy atom. The third kappa shape index (κ3) is 4.66. The molecule has 12 rings (SSSR count). The van der Waals surface area contributed by atoms with Gasteiger partial charge in [-0.05, 0) is 88.8 Å². The SMILES string of the molecule is c1ccc(N(c2ccc(-c3cccc4oc5ccccc5c34)cc2)c2ccc3c(c2)oc2ccccc23)c(-c2ccc3oc4c5ccccc5ccc4c3c2)c1. The minimum absolute atomic E-state index is 0.847. The van der Waals surface area contributed by atoms with E-state index in [1.807, 2.05) is 30.3 Å². The molecule has 4 nitrogen and oxygen atoms in total. The van der Waals surface area contributed by atoms with Gasteiger partial charge in [-0.2, -0.15) is 0 Å². The summed E-state index contributed by atoms with van der Waals surface area (Å²) in [5.74, 6) is 0. The van der Waals surface area contributed by atoms with E-state index in [2.05, 4.69) is 163 Å². The fourth-order valence-electron chi connectivity index (χ4n) is 8.67. The molecule has 0 atom stereocenters. The van der Waals surface area contributed by atoms with Gasteiger partial charge < -0.3 is 18.2 Å². The van der Waals surface area contributed by atoms with Gasteiger partial charge in [0.05, 0.1) is 5.69 Å². The molecule has 4 heteroatoms. The molecule has 0 bridgehead atoms. The predicted molar refractivity (Wildman–Crippen MR) is 231 cm³/mol. The van der Waals surface area contributed by atoms with Crippen LogP contribution in [0.4, 0.5) is 17.1 Å². The number of anilines is 3. The molecule has 0 saturated heterocycles. The Kier molecular flexibility index (Phi) is 6.60. The molecule has 0 fully saturated rings. The smallest absolute Gasteiger partial charge is 0.143 e. The highest BCUT2D eigenvalue weighted by molar-refractivity contribution is 6.16. The fraction of sp³-hybridized carbons (Fsp3) is 0. The van der Waals surface area contributed by atoms with E-state index in [0.717, 1.165) is 111 Å². The minimum Gasteiger partial charge on any atom is -0.456 e. The van der Waals surface area contributed by atoms with Crippen LogP contribution in [-0.2, 0) is 0 Å². The predicted octanol–water partition coefficient (Wildman–Crippen LogP) is 15.3. The maximum atomic E-state index is 6.50. The van der Waals surface area contributed by atoms with Crippen LogP contribution in [0.3, 0.4) is 0 Å². The summed E-state index contributed by atoms with van der Waals surface area (Å²) in [6.07, 6.45) is 0. The van der Waals surface area contributed by atoms with E-state index < -0.39 is 0 Å². The number of furan rings is 3. The number of rotatable bonds is 5. The van der Waals surface area contributed by atoms with Crippen LogP contribution in [0.25, 0.3) is 98.8 Å². The molecule has 3 aromatic heterocycles. The Balaban J connectivity index is 1.04. The number of nitrogens with zero attached hydrogens (tertiary/aromatic N) is 1. The highest BCUT2D eigenvalue weighted by Gasteiger charge is 2.21. The van der Waals surface area contributed by atoms with Crippen molar-refractivity contribution in [3.63, 3.8) is 0 Å². The molecule has 0 radical (unpaired) electrons. The van der Waals surface area contributed by atoms with Gasteiger partial charge in [0.2, 0.25) is 0 Å². The number of hydrogen-bond donors (Lipinski definition) is 0. The molecule has 0 aliphatic carbocycles. The molecule has 3 heterocycles. The second-order valence-electron chi connectivity index (χ2n) is 14.4. The monoisotopic (exact) mass is 717 g/mol. The van der Waals surface area contributed by atoms with Crippen molar-refractivity contribution in [2.24, 2.45) is 0 Å². The van der Waals surface area contributed by atoms with Crippen LogP contribution in [0.15, 0.2) is 201 Å². The lowest BCUT2D eigenvalue weighted by Gasteiger charge is -2.28. The molecule has 0 aliphatic heterocycles. The number of para-hydroxylation sites is 3. The van der Waals surface area contributed by atoms with Crippen molar-refractivity contribution in [3.8, 4) is 22.3 Å². The van der Waals surface area contributed by atoms with E-state index in [1.165, 1.54) is 5.39 Å². The molecule has 0 spiro atoms. The molecule has 9 aromatic carbocycles. The van der Waals surface area contributed by atoms with Gasteiger partial charge >= 0.3 is 0 Å². The van der Waals surface area contributed by atoms with Crippen molar-refractivity contribution < 1.29 is 13.3 Å². The zero-order valence-corrected chi connectivity index (χ0v) is 30.1. The third-order valence-corrected chi connectivity index (χ3v) is 11.3. The largest absolute Gasteiger partial charge is 0.456 e. The van der Waals surface area contributed by atoms with Crippen molar-refractivity contribution in [2.75, 3.05) is 4.90 Å². The fourth-order valence-corrected chi connectivity index (χ4v) is 8.67. The van der Waals surface area contributed by atoms with Crippen LogP contribution >= 0.6 is 0 Å². The van der Waals surface area contributed by atoms with Crippen LogP contribution in [0.2, 0.25) is 0 Å². The van der Waals surface area contributed by atoms with Gasteiger partial charge in [0.15, 0.2) is 0 Å². The van der Waals surface area contributed by atoms with E-state index in [4.69, 9.17) is 13.3 Å². The minimum atomic E-state index is 0.847. The normalized spacial score (nSPS) is 11.9. The lowest BCUT2D eigenvalue weighted by molar-refractivity contribution is 0.668. The van der Waals surface area contributed by atoms with Gasteiger partial charge in [-0.3, -0.25) is 0 Å². The van der Waals surface area contributed by atoms with Crippen molar-refractivity contribution in [2.45, 2.75) is 0 Å². The van der Waals surface area contributed by atoms with E-state index in [1.54, 1.807) is 0 Å². The van der Waals surface area contributed by atoms with E-state index in [0.29, 0.717) is 0 Å². The molecule has 0 amide bonds. The van der Waals surface area contributed by atoms with Crippen molar-refractivity contribution in [1.29, 1.82) is 0 Å². The average Bonchev–Trinajstić information content (AvgIpc) is 3.95. The average molecular weight is 718 g/mol. The van der Waals surface area contributed by atoms with Gasteiger partial charge in [0.1, 0.15) is 33.5 Å². The first kappa shape index (κ1) is 30.9. The van der Waals surface area contributed by atoms with Gasteiger partial charge in [0.25, 0.3) is 0 Å². The molecular weight excluding hydrogens is 687 g/mol. The van der Waals surface area contributed by atoms with Gasteiger partial charge in [-0.15, -0.1) is 0 Å².